The fourth-order valence-corrected chi connectivity index (χ4v) is 5.53. The topological polar surface area (TPSA) is 88.1 Å². The van der Waals surface area contributed by atoms with Crippen molar-refractivity contribution in [1.82, 2.24) is 19.2 Å². The number of aryl methyl sites for hydroxylation is 1. The number of benzene rings is 2. The van der Waals surface area contributed by atoms with Crippen LogP contribution in [0.25, 0.3) is 11.0 Å². The zero-order valence-corrected chi connectivity index (χ0v) is 21.2. The molecule has 4 aromatic rings. The lowest BCUT2D eigenvalue weighted by atomic mass is 10.1. The van der Waals surface area contributed by atoms with E-state index in [1.165, 1.54) is 24.4 Å². The Balaban J connectivity index is 1.25. The summed E-state index contributed by atoms with van der Waals surface area (Å²) in [6.07, 6.45) is 6.10. The minimum atomic E-state index is -0.233. The Kier molecular flexibility index (Phi) is 7.44. The van der Waals surface area contributed by atoms with Gasteiger partial charge in [-0.3, -0.25) is 14.6 Å². The third kappa shape index (κ3) is 5.66. The van der Waals surface area contributed by atoms with E-state index in [-0.39, 0.29) is 11.7 Å². The van der Waals surface area contributed by atoms with Crippen LogP contribution in [0.5, 0.6) is 0 Å². The van der Waals surface area contributed by atoms with Crippen LogP contribution < -0.4 is 5.32 Å². The van der Waals surface area contributed by atoms with Crippen LogP contribution in [0.15, 0.2) is 54.7 Å². The molecule has 0 atom stereocenters. The first kappa shape index (κ1) is 24.2. The number of nitrogens with zero attached hydrogens (tertiary/aromatic N) is 4. The van der Waals surface area contributed by atoms with Crippen molar-refractivity contribution in [3.63, 3.8) is 0 Å². The summed E-state index contributed by atoms with van der Waals surface area (Å²) in [6.45, 7) is 5.09. The lowest BCUT2D eigenvalue weighted by Crippen LogP contribution is -2.21. The lowest BCUT2D eigenvalue weighted by Gasteiger charge is -2.13. The van der Waals surface area contributed by atoms with Crippen molar-refractivity contribution in [2.24, 2.45) is 0 Å². The third-order valence-corrected chi connectivity index (χ3v) is 7.45. The van der Waals surface area contributed by atoms with Crippen molar-refractivity contribution in [3.05, 3.63) is 82.1 Å². The predicted octanol–water partition coefficient (Wildman–Crippen LogP) is 5.30. The van der Waals surface area contributed by atoms with Gasteiger partial charge in [0.15, 0.2) is 5.78 Å². The molecule has 0 bridgehead atoms. The number of anilines is 1. The largest absolute Gasteiger partial charge is 0.322 e. The molecule has 1 aliphatic rings. The molecule has 0 aliphatic carbocycles. The maximum atomic E-state index is 13.2. The molecular formula is C28H29N5O2S. The number of likely N-dealkylation sites (tertiary alicyclic amines) is 1. The van der Waals surface area contributed by atoms with Gasteiger partial charge >= 0.3 is 0 Å². The molecule has 1 fully saturated rings. The summed E-state index contributed by atoms with van der Waals surface area (Å²) in [4.78, 5) is 38.4. The molecular weight excluding hydrogens is 470 g/mol. The van der Waals surface area contributed by atoms with Gasteiger partial charge in [0.2, 0.25) is 0 Å². The van der Waals surface area contributed by atoms with Gasteiger partial charge in [-0.15, -0.1) is 0 Å². The molecule has 7 nitrogen and oxygen atoms in total. The SMILES string of the molecule is Cc1nsc(Cc2cnc3ccccc3n2)c1C(=O)Nc1cccc(C(=O)CCCN2CCCC2)c1. The molecule has 184 valence electrons. The fourth-order valence-electron chi connectivity index (χ4n) is 4.65. The number of fused-ring (bicyclic) bond motifs is 1. The minimum absolute atomic E-state index is 0.106. The second-order valence-corrected chi connectivity index (χ2v) is 10.1. The second kappa shape index (κ2) is 11.1. The van der Waals surface area contributed by atoms with E-state index < -0.39 is 0 Å². The second-order valence-electron chi connectivity index (χ2n) is 9.20. The summed E-state index contributed by atoms with van der Waals surface area (Å²) >= 11 is 1.31. The van der Waals surface area contributed by atoms with Gasteiger partial charge in [-0.1, -0.05) is 24.3 Å². The number of para-hydroxylation sites is 2. The Hall–Kier alpha value is -3.49. The number of hydrogen-bond donors (Lipinski definition) is 1. The van der Waals surface area contributed by atoms with E-state index in [0.29, 0.717) is 35.3 Å². The van der Waals surface area contributed by atoms with Crippen LogP contribution in [0.4, 0.5) is 5.69 Å². The van der Waals surface area contributed by atoms with E-state index in [1.54, 1.807) is 12.3 Å². The number of aromatic nitrogens is 3. The molecule has 1 saturated heterocycles. The van der Waals surface area contributed by atoms with Crippen LogP contribution in [0.2, 0.25) is 0 Å². The Morgan fingerprint density at radius 2 is 1.86 bits per heavy atom. The highest BCUT2D eigenvalue weighted by Gasteiger charge is 2.20. The monoisotopic (exact) mass is 499 g/mol. The van der Waals surface area contributed by atoms with E-state index in [1.807, 2.05) is 49.4 Å². The maximum absolute atomic E-state index is 13.2. The molecule has 2 aromatic carbocycles. The molecule has 0 spiro atoms. The highest BCUT2D eigenvalue weighted by Crippen LogP contribution is 2.24. The number of carbonyl (C=O) groups excluding carboxylic acids is 2. The summed E-state index contributed by atoms with van der Waals surface area (Å²) in [5, 5.41) is 2.97. The van der Waals surface area contributed by atoms with Gasteiger partial charge in [0.1, 0.15) is 0 Å². The van der Waals surface area contributed by atoms with E-state index in [4.69, 9.17) is 0 Å². The highest BCUT2D eigenvalue weighted by atomic mass is 32.1. The molecule has 3 heterocycles. The Morgan fingerprint density at radius 1 is 1.06 bits per heavy atom. The highest BCUT2D eigenvalue weighted by molar-refractivity contribution is 7.06. The predicted molar refractivity (Wildman–Crippen MR) is 143 cm³/mol. The summed E-state index contributed by atoms with van der Waals surface area (Å²) < 4.78 is 4.42. The average molecular weight is 500 g/mol. The number of amides is 1. The van der Waals surface area contributed by atoms with Crippen LogP contribution >= 0.6 is 11.5 Å². The van der Waals surface area contributed by atoms with Crippen molar-refractivity contribution in [1.29, 1.82) is 0 Å². The van der Waals surface area contributed by atoms with Gasteiger partial charge in [-0.25, -0.2) is 4.98 Å². The summed E-state index contributed by atoms with van der Waals surface area (Å²) in [7, 11) is 0. The number of hydrogen-bond acceptors (Lipinski definition) is 7. The minimum Gasteiger partial charge on any atom is -0.322 e. The standard InChI is InChI=1S/C28H29N5O2S/c1-19-27(26(36-32-19)17-22-18-29-23-10-2-3-11-24(23)30-22)28(35)31-21-9-6-8-20(16-21)25(34)12-7-15-33-13-4-5-14-33/h2-3,6,8-11,16,18H,4-5,7,12-15,17H2,1H3,(H,31,35). The van der Waals surface area contributed by atoms with Crippen LogP contribution in [-0.4, -0.2) is 50.6 Å². The first-order valence-corrected chi connectivity index (χ1v) is 13.2. The Morgan fingerprint density at radius 3 is 2.69 bits per heavy atom. The number of ketones is 1. The quantitative estimate of drug-likeness (QED) is 0.315. The fraction of sp³-hybridized carbons (Fsp3) is 0.321. The number of rotatable bonds is 9. The van der Waals surface area contributed by atoms with Gasteiger partial charge in [-0.2, -0.15) is 4.37 Å². The van der Waals surface area contributed by atoms with Gasteiger partial charge in [0.05, 0.1) is 28.0 Å². The van der Waals surface area contributed by atoms with Crippen molar-refractivity contribution < 1.29 is 9.59 Å². The zero-order valence-electron chi connectivity index (χ0n) is 20.4. The van der Waals surface area contributed by atoms with Crippen molar-refractivity contribution in [3.8, 4) is 0 Å². The Bertz CT molecular complexity index is 1390. The van der Waals surface area contributed by atoms with Crippen LogP contribution in [0, 0.1) is 6.92 Å². The van der Waals surface area contributed by atoms with Crippen LogP contribution in [0.3, 0.4) is 0 Å². The smallest absolute Gasteiger partial charge is 0.258 e. The molecule has 1 aliphatic heterocycles. The van der Waals surface area contributed by atoms with Gasteiger partial charge in [0, 0.05) is 35.2 Å². The van der Waals surface area contributed by atoms with Crippen LogP contribution in [0.1, 0.15) is 62.7 Å². The number of carbonyl (C=O) groups is 2. The maximum Gasteiger partial charge on any atom is 0.258 e. The Labute approximate surface area is 214 Å². The number of nitrogens with one attached hydrogen (secondary N) is 1. The average Bonchev–Trinajstić information content (AvgIpc) is 3.53. The van der Waals surface area contributed by atoms with E-state index in [0.717, 1.165) is 47.7 Å². The van der Waals surface area contributed by atoms with Gasteiger partial charge in [0.25, 0.3) is 5.91 Å². The summed E-state index contributed by atoms with van der Waals surface area (Å²) in [5.74, 6) is -0.127. The van der Waals surface area contributed by atoms with Crippen molar-refractivity contribution in [2.45, 2.75) is 39.0 Å². The first-order valence-electron chi connectivity index (χ1n) is 12.4. The number of Topliss-reactive ketones (excluding diaryl/α,β-unsaturated/α-hetero) is 1. The lowest BCUT2D eigenvalue weighted by molar-refractivity contribution is 0.0974. The molecule has 0 saturated carbocycles. The van der Waals surface area contributed by atoms with Gasteiger partial charge < -0.3 is 10.2 Å². The van der Waals surface area contributed by atoms with E-state index in [2.05, 4.69) is 24.6 Å². The zero-order chi connectivity index (χ0) is 24.9. The summed E-state index contributed by atoms with van der Waals surface area (Å²) in [6, 6.07) is 14.9. The van der Waals surface area contributed by atoms with Crippen molar-refractivity contribution in [2.75, 3.05) is 25.0 Å². The molecule has 0 radical (unpaired) electrons. The van der Waals surface area contributed by atoms with Gasteiger partial charge in [-0.05, 0) is 81.6 Å². The third-order valence-electron chi connectivity index (χ3n) is 6.52. The van der Waals surface area contributed by atoms with Crippen LogP contribution in [-0.2, 0) is 6.42 Å². The molecule has 5 rings (SSSR count). The molecule has 1 amide bonds. The van der Waals surface area contributed by atoms with Crippen molar-refractivity contribution >= 4 is 39.9 Å². The normalized spacial score (nSPS) is 13.8. The first-order chi connectivity index (χ1) is 17.6. The molecule has 0 unspecified atom stereocenters. The molecule has 8 heteroatoms. The summed E-state index contributed by atoms with van der Waals surface area (Å²) in [5.41, 5.74) is 4.91. The molecule has 2 aromatic heterocycles. The molecule has 36 heavy (non-hydrogen) atoms. The van der Waals surface area contributed by atoms with E-state index >= 15 is 0 Å². The molecule has 1 N–H and O–H groups in total. The van der Waals surface area contributed by atoms with E-state index in [9.17, 15) is 9.59 Å².